The summed E-state index contributed by atoms with van der Waals surface area (Å²) in [5.74, 6) is 0.249. The highest BCUT2D eigenvalue weighted by atomic mass is 127. The van der Waals surface area contributed by atoms with Crippen molar-refractivity contribution in [1.82, 2.24) is 4.90 Å². The van der Waals surface area contributed by atoms with Gasteiger partial charge in [0.1, 0.15) is 5.82 Å². The zero-order valence-electron chi connectivity index (χ0n) is 10.00. The number of carbonyl (C=O) groups excluding carboxylic acids is 1. The fourth-order valence-corrected chi connectivity index (χ4v) is 3.91. The van der Waals surface area contributed by atoms with Crippen molar-refractivity contribution in [2.45, 2.75) is 17.7 Å². The van der Waals surface area contributed by atoms with Gasteiger partial charge in [-0.3, -0.25) is 4.79 Å². The summed E-state index contributed by atoms with van der Waals surface area (Å²) in [5, 5.41) is 0. The summed E-state index contributed by atoms with van der Waals surface area (Å²) in [6.07, 6.45) is 2.25. The minimum atomic E-state index is -0.306. The van der Waals surface area contributed by atoms with E-state index in [0.29, 0.717) is 19.9 Å². The molecule has 0 aliphatic heterocycles. The van der Waals surface area contributed by atoms with Gasteiger partial charge >= 0.3 is 0 Å². The zero-order valence-corrected chi connectivity index (χ0v) is 13.7. The molecule has 1 amide bonds. The molecule has 2 nitrogen and oxygen atoms in total. The van der Waals surface area contributed by atoms with E-state index in [2.05, 4.69) is 15.9 Å². The Hall–Kier alpha value is -0.170. The molecule has 1 aliphatic carbocycles. The fraction of sp³-hybridized carbons (Fsp3) is 0.462. The Balaban J connectivity index is 2.01. The SMILES string of the molecule is CN(CC1CC(Br)C1)C(=O)c1ccc(F)cc1I. The van der Waals surface area contributed by atoms with Crippen LogP contribution >= 0.6 is 38.5 Å². The maximum absolute atomic E-state index is 13.0. The summed E-state index contributed by atoms with van der Waals surface area (Å²) in [6, 6.07) is 4.28. The first-order chi connectivity index (χ1) is 8.47. The Labute approximate surface area is 128 Å². The maximum Gasteiger partial charge on any atom is 0.254 e. The van der Waals surface area contributed by atoms with Gasteiger partial charge in [0.2, 0.25) is 0 Å². The summed E-state index contributed by atoms with van der Waals surface area (Å²) in [7, 11) is 1.81. The van der Waals surface area contributed by atoms with Gasteiger partial charge in [-0.15, -0.1) is 0 Å². The van der Waals surface area contributed by atoms with Gasteiger partial charge in [-0.05, 0) is 59.5 Å². The Morgan fingerprint density at radius 3 is 2.78 bits per heavy atom. The van der Waals surface area contributed by atoms with Crippen LogP contribution in [-0.2, 0) is 0 Å². The van der Waals surface area contributed by atoms with Crippen molar-refractivity contribution >= 4 is 44.4 Å². The number of carbonyl (C=O) groups is 1. The van der Waals surface area contributed by atoms with Crippen LogP contribution in [0.15, 0.2) is 18.2 Å². The molecule has 0 bridgehead atoms. The number of halogens is 3. The molecule has 0 aromatic heterocycles. The van der Waals surface area contributed by atoms with E-state index in [1.54, 1.807) is 11.0 Å². The van der Waals surface area contributed by atoms with Crippen molar-refractivity contribution < 1.29 is 9.18 Å². The van der Waals surface area contributed by atoms with E-state index in [4.69, 9.17) is 0 Å². The molecular formula is C13H14BrFINO. The Morgan fingerprint density at radius 2 is 2.22 bits per heavy atom. The van der Waals surface area contributed by atoms with Crippen LogP contribution in [0.1, 0.15) is 23.2 Å². The minimum absolute atomic E-state index is 0.0302. The molecule has 1 aromatic carbocycles. The molecule has 0 N–H and O–H groups in total. The lowest BCUT2D eigenvalue weighted by molar-refractivity contribution is 0.0747. The van der Waals surface area contributed by atoms with Crippen LogP contribution in [0.3, 0.4) is 0 Å². The van der Waals surface area contributed by atoms with E-state index < -0.39 is 0 Å². The Kier molecular flexibility index (Phi) is 4.64. The van der Waals surface area contributed by atoms with Gasteiger partial charge in [-0.2, -0.15) is 0 Å². The van der Waals surface area contributed by atoms with Crippen LogP contribution in [0.4, 0.5) is 4.39 Å². The van der Waals surface area contributed by atoms with Crippen LogP contribution < -0.4 is 0 Å². The van der Waals surface area contributed by atoms with E-state index in [1.165, 1.54) is 12.1 Å². The summed E-state index contributed by atoms with van der Waals surface area (Å²) >= 11 is 5.55. The molecule has 0 heterocycles. The largest absolute Gasteiger partial charge is 0.341 e. The van der Waals surface area contributed by atoms with Crippen molar-refractivity contribution in [3.8, 4) is 0 Å². The molecular weight excluding hydrogens is 412 g/mol. The smallest absolute Gasteiger partial charge is 0.254 e. The first-order valence-corrected chi connectivity index (χ1v) is 7.81. The molecule has 18 heavy (non-hydrogen) atoms. The molecule has 0 saturated heterocycles. The van der Waals surface area contributed by atoms with Crippen molar-refractivity contribution in [3.63, 3.8) is 0 Å². The summed E-state index contributed by atoms with van der Waals surface area (Å²) < 4.78 is 13.7. The van der Waals surface area contributed by atoms with Gasteiger partial charge in [-0.25, -0.2) is 4.39 Å². The Morgan fingerprint density at radius 1 is 1.56 bits per heavy atom. The minimum Gasteiger partial charge on any atom is -0.341 e. The third-order valence-corrected chi connectivity index (χ3v) is 4.86. The number of benzene rings is 1. The number of rotatable bonds is 3. The number of amides is 1. The van der Waals surface area contributed by atoms with Crippen LogP contribution in [0, 0.1) is 15.3 Å². The number of alkyl halides is 1. The van der Waals surface area contributed by atoms with E-state index in [9.17, 15) is 9.18 Å². The fourth-order valence-electron chi connectivity index (χ4n) is 2.14. The van der Waals surface area contributed by atoms with Crippen LogP contribution in [-0.4, -0.2) is 29.2 Å². The lowest BCUT2D eigenvalue weighted by atomic mass is 9.85. The van der Waals surface area contributed by atoms with Crippen LogP contribution in [0.2, 0.25) is 0 Å². The highest BCUT2D eigenvalue weighted by Gasteiger charge is 2.29. The Bertz CT molecular complexity index is 462. The molecule has 1 fully saturated rings. The van der Waals surface area contributed by atoms with E-state index in [1.807, 2.05) is 29.6 Å². The molecule has 0 unspecified atom stereocenters. The zero-order chi connectivity index (χ0) is 13.3. The predicted octanol–water partition coefficient (Wildman–Crippen LogP) is 3.68. The first-order valence-electron chi connectivity index (χ1n) is 5.82. The number of nitrogens with zero attached hydrogens (tertiary/aromatic N) is 1. The average Bonchev–Trinajstić information content (AvgIpc) is 2.26. The maximum atomic E-state index is 13.0. The highest BCUT2D eigenvalue weighted by molar-refractivity contribution is 14.1. The third-order valence-electron chi connectivity index (χ3n) is 3.22. The molecule has 0 spiro atoms. The molecule has 0 atom stereocenters. The second-order valence-electron chi connectivity index (χ2n) is 4.74. The van der Waals surface area contributed by atoms with E-state index in [-0.39, 0.29) is 11.7 Å². The van der Waals surface area contributed by atoms with Gasteiger partial charge in [0.15, 0.2) is 0 Å². The van der Waals surface area contributed by atoms with Gasteiger partial charge < -0.3 is 4.90 Å². The summed E-state index contributed by atoms with van der Waals surface area (Å²) in [6.45, 7) is 0.772. The quantitative estimate of drug-likeness (QED) is 0.534. The van der Waals surface area contributed by atoms with Crippen molar-refractivity contribution in [2.75, 3.05) is 13.6 Å². The molecule has 1 aliphatic rings. The lowest BCUT2D eigenvalue weighted by Gasteiger charge is -2.34. The normalized spacial score (nSPS) is 22.4. The number of hydrogen-bond acceptors (Lipinski definition) is 1. The predicted molar refractivity (Wildman–Crippen MR) is 81.5 cm³/mol. The van der Waals surface area contributed by atoms with Gasteiger partial charge in [0.25, 0.3) is 5.91 Å². The summed E-state index contributed by atoms with van der Waals surface area (Å²) in [5.41, 5.74) is 0.578. The molecule has 0 radical (unpaired) electrons. The topological polar surface area (TPSA) is 20.3 Å². The van der Waals surface area contributed by atoms with Crippen LogP contribution in [0.25, 0.3) is 0 Å². The monoisotopic (exact) mass is 425 g/mol. The molecule has 1 saturated carbocycles. The molecule has 5 heteroatoms. The standard InChI is InChI=1S/C13H14BrFINO/c1-17(7-8-4-9(14)5-8)13(18)11-3-2-10(15)6-12(11)16/h2-3,6,8-9H,4-5,7H2,1H3. The van der Waals surface area contributed by atoms with E-state index >= 15 is 0 Å². The first kappa shape index (κ1) is 14.2. The second kappa shape index (κ2) is 5.86. The highest BCUT2D eigenvalue weighted by Crippen LogP contribution is 2.33. The van der Waals surface area contributed by atoms with Gasteiger partial charge in [0, 0.05) is 22.0 Å². The van der Waals surface area contributed by atoms with Crippen molar-refractivity contribution in [1.29, 1.82) is 0 Å². The van der Waals surface area contributed by atoms with E-state index in [0.717, 1.165) is 19.4 Å². The molecule has 1 aromatic rings. The van der Waals surface area contributed by atoms with Gasteiger partial charge in [-0.1, -0.05) is 15.9 Å². The molecule has 98 valence electrons. The lowest BCUT2D eigenvalue weighted by Crippen LogP contribution is -2.38. The number of hydrogen-bond donors (Lipinski definition) is 0. The molecule has 2 rings (SSSR count). The van der Waals surface area contributed by atoms with Crippen LogP contribution in [0.5, 0.6) is 0 Å². The average molecular weight is 426 g/mol. The summed E-state index contributed by atoms with van der Waals surface area (Å²) in [4.78, 5) is 14.6. The van der Waals surface area contributed by atoms with Crippen molar-refractivity contribution in [2.24, 2.45) is 5.92 Å². The van der Waals surface area contributed by atoms with Gasteiger partial charge in [0.05, 0.1) is 5.56 Å². The third kappa shape index (κ3) is 3.23. The second-order valence-corrected chi connectivity index (χ2v) is 7.20. The van der Waals surface area contributed by atoms with Crippen molar-refractivity contribution in [3.05, 3.63) is 33.1 Å².